The molecule has 0 aliphatic carbocycles. The number of rotatable bonds is 3. The van der Waals surface area contributed by atoms with Crippen molar-refractivity contribution >= 4 is 6.09 Å². The number of halogens is 1. The summed E-state index contributed by atoms with van der Waals surface area (Å²) >= 11 is 0. The van der Waals surface area contributed by atoms with Gasteiger partial charge in [0.2, 0.25) is 0 Å². The largest absolute Gasteiger partial charge is 0.507 e. The lowest BCUT2D eigenvalue weighted by molar-refractivity contribution is 0.141. The van der Waals surface area contributed by atoms with Crippen LogP contribution in [0.3, 0.4) is 0 Å². The number of hydrogen-bond acceptors (Lipinski definition) is 3. The van der Waals surface area contributed by atoms with Gasteiger partial charge in [-0.15, -0.1) is 0 Å². The van der Waals surface area contributed by atoms with E-state index in [1.807, 2.05) is 30.3 Å². The molecule has 0 aliphatic heterocycles. The molecular formula is C17H14FNO3. The summed E-state index contributed by atoms with van der Waals surface area (Å²) in [5.41, 5.74) is 1.18. The van der Waals surface area contributed by atoms with Crippen molar-refractivity contribution in [1.29, 1.82) is 0 Å². The third-order valence-electron chi connectivity index (χ3n) is 2.72. The zero-order valence-electron chi connectivity index (χ0n) is 11.7. The van der Waals surface area contributed by atoms with Crippen LogP contribution in [0.5, 0.6) is 5.75 Å². The monoisotopic (exact) mass is 299 g/mol. The highest BCUT2D eigenvalue weighted by molar-refractivity contribution is 5.67. The number of ether oxygens (including phenoxy) is 1. The van der Waals surface area contributed by atoms with Crippen LogP contribution in [0.4, 0.5) is 9.18 Å². The standard InChI is InChI=1S/C17H14FNO3/c18-15-9-8-14(16(20)11-15)7-4-10-19-17(21)22-12-13-5-2-1-3-6-13/h1-3,5-6,8-9,11,20H,10,12H2,(H,19,21). The van der Waals surface area contributed by atoms with Gasteiger partial charge in [0, 0.05) is 6.07 Å². The maximum Gasteiger partial charge on any atom is 0.408 e. The predicted molar refractivity (Wildman–Crippen MR) is 79.6 cm³/mol. The van der Waals surface area contributed by atoms with Crippen molar-refractivity contribution in [1.82, 2.24) is 5.32 Å². The van der Waals surface area contributed by atoms with Crippen LogP contribution < -0.4 is 5.32 Å². The Morgan fingerprint density at radius 3 is 2.73 bits per heavy atom. The van der Waals surface area contributed by atoms with Gasteiger partial charge < -0.3 is 15.2 Å². The fourth-order valence-electron chi connectivity index (χ4n) is 1.64. The summed E-state index contributed by atoms with van der Waals surface area (Å²) in [6.45, 7) is 0.239. The van der Waals surface area contributed by atoms with Gasteiger partial charge in [-0.1, -0.05) is 42.2 Å². The molecule has 112 valence electrons. The summed E-state index contributed by atoms with van der Waals surface area (Å²) in [5, 5.41) is 11.9. The van der Waals surface area contributed by atoms with E-state index in [0.717, 1.165) is 11.6 Å². The Morgan fingerprint density at radius 2 is 2.00 bits per heavy atom. The molecule has 0 radical (unpaired) electrons. The molecule has 4 nitrogen and oxygen atoms in total. The molecule has 2 aromatic carbocycles. The molecule has 22 heavy (non-hydrogen) atoms. The van der Waals surface area contributed by atoms with Crippen LogP contribution in [0.15, 0.2) is 48.5 Å². The first-order valence-corrected chi connectivity index (χ1v) is 6.57. The number of carbonyl (C=O) groups is 1. The maximum absolute atomic E-state index is 12.8. The van der Waals surface area contributed by atoms with Crippen LogP contribution in [-0.2, 0) is 11.3 Å². The first-order chi connectivity index (χ1) is 10.6. The Kier molecular flexibility index (Phi) is 5.38. The second kappa shape index (κ2) is 7.70. The van der Waals surface area contributed by atoms with Gasteiger partial charge in [0.15, 0.2) is 0 Å². The van der Waals surface area contributed by atoms with Crippen molar-refractivity contribution in [3.8, 4) is 17.6 Å². The minimum absolute atomic E-state index is 0.0600. The number of nitrogens with one attached hydrogen (secondary N) is 1. The SMILES string of the molecule is O=C(NCC#Cc1ccc(F)cc1O)OCc1ccccc1. The van der Waals surface area contributed by atoms with Gasteiger partial charge in [-0.25, -0.2) is 9.18 Å². The zero-order chi connectivity index (χ0) is 15.8. The Hall–Kier alpha value is -3.00. The summed E-state index contributed by atoms with van der Waals surface area (Å²) in [6.07, 6.45) is -0.582. The summed E-state index contributed by atoms with van der Waals surface area (Å²) in [5.74, 6) is 4.51. The van der Waals surface area contributed by atoms with Crippen LogP contribution in [-0.4, -0.2) is 17.7 Å². The molecule has 0 atom stereocenters. The van der Waals surface area contributed by atoms with Gasteiger partial charge in [0.1, 0.15) is 18.2 Å². The Labute approximate surface area is 127 Å². The smallest absolute Gasteiger partial charge is 0.408 e. The van der Waals surface area contributed by atoms with Crippen LogP contribution in [0.1, 0.15) is 11.1 Å². The second-order valence-electron chi connectivity index (χ2n) is 4.38. The van der Waals surface area contributed by atoms with Crippen molar-refractivity contribution in [2.45, 2.75) is 6.61 Å². The minimum Gasteiger partial charge on any atom is -0.507 e. The fraction of sp³-hybridized carbons (Fsp3) is 0.118. The third kappa shape index (κ3) is 4.84. The Bertz CT molecular complexity index is 705. The van der Waals surface area contributed by atoms with Crippen molar-refractivity contribution < 1.29 is 19.0 Å². The lowest BCUT2D eigenvalue weighted by Crippen LogP contribution is -2.24. The van der Waals surface area contributed by atoms with Gasteiger partial charge in [-0.3, -0.25) is 0 Å². The molecule has 0 saturated heterocycles. The molecule has 0 unspecified atom stereocenters. The maximum atomic E-state index is 12.8. The van der Waals surface area contributed by atoms with Crippen molar-refractivity contribution in [3.05, 3.63) is 65.5 Å². The van der Waals surface area contributed by atoms with Crippen molar-refractivity contribution in [2.75, 3.05) is 6.54 Å². The minimum atomic E-state index is -0.582. The number of alkyl carbamates (subject to hydrolysis) is 1. The normalized spacial score (nSPS) is 9.50. The molecule has 2 rings (SSSR count). The van der Waals surface area contributed by atoms with E-state index in [2.05, 4.69) is 17.2 Å². The summed E-state index contributed by atoms with van der Waals surface area (Å²) in [7, 11) is 0. The average Bonchev–Trinajstić information content (AvgIpc) is 2.52. The van der Waals surface area contributed by atoms with Crippen LogP contribution in [0.2, 0.25) is 0 Å². The molecule has 1 amide bonds. The topological polar surface area (TPSA) is 58.6 Å². The Morgan fingerprint density at radius 1 is 1.23 bits per heavy atom. The quantitative estimate of drug-likeness (QED) is 0.857. The molecule has 2 aromatic rings. The number of aromatic hydroxyl groups is 1. The van der Waals surface area contributed by atoms with Crippen LogP contribution in [0, 0.1) is 17.7 Å². The number of hydrogen-bond donors (Lipinski definition) is 2. The molecule has 0 bridgehead atoms. The van der Waals surface area contributed by atoms with E-state index in [9.17, 15) is 14.3 Å². The van der Waals surface area contributed by atoms with Crippen molar-refractivity contribution in [2.24, 2.45) is 0 Å². The molecule has 0 heterocycles. The van der Waals surface area contributed by atoms with Gasteiger partial charge in [0.25, 0.3) is 0 Å². The number of phenols is 1. The van der Waals surface area contributed by atoms with Gasteiger partial charge >= 0.3 is 6.09 Å². The molecular weight excluding hydrogens is 285 g/mol. The second-order valence-corrected chi connectivity index (χ2v) is 4.38. The number of benzene rings is 2. The lowest BCUT2D eigenvalue weighted by Gasteiger charge is -2.04. The van der Waals surface area contributed by atoms with Crippen LogP contribution in [0.25, 0.3) is 0 Å². The fourth-order valence-corrected chi connectivity index (χ4v) is 1.64. The predicted octanol–water partition coefficient (Wildman–Crippen LogP) is 2.81. The van der Waals surface area contributed by atoms with E-state index in [4.69, 9.17) is 4.74 Å². The summed E-state index contributed by atoms with van der Waals surface area (Å²) in [6, 6.07) is 12.8. The highest BCUT2D eigenvalue weighted by Gasteiger charge is 2.01. The zero-order valence-corrected chi connectivity index (χ0v) is 11.7. The highest BCUT2D eigenvalue weighted by Crippen LogP contribution is 2.16. The molecule has 5 heteroatoms. The summed E-state index contributed by atoms with van der Waals surface area (Å²) in [4.78, 5) is 11.4. The van der Waals surface area contributed by atoms with Gasteiger partial charge in [-0.05, 0) is 17.7 Å². The molecule has 0 fully saturated rings. The number of carbonyl (C=O) groups excluding carboxylic acids is 1. The first kappa shape index (κ1) is 15.4. The van der Waals surface area contributed by atoms with E-state index < -0.39 is 11.9 Å². The van der Waals surface area contributed by atoms with E-state index >= 15 is 0 Å². The van der Waals surface area contributed by atoms with E-state index in [0.29, 0.717) is 5.56 Å². The average molecular weight is 299 g/mol. The number of amides is 1. The van der Waals surface area contributed by atoms with E-state index in [1.54, 1.807) is 0 Å². The Balaban J connectivity index is 1.76. The first-order valence-electron chi connectivity index (χ1n) is 6.57. The highest BCUT2D eigenvalue weighted by atomic mass is 19.1. The van der Waals surface area contributed by atoms with Gasteiger partial charge in [0.05, 0.1) is 12.1 Å². The summed E-state index contributed by atoms with van der Waals surface area (Å²) < 4.78 is 17.8. The number of phenolic OH excluding ortho intramolecular Hbond substituents is 1. The molecule has 0 aromatic heterocycles. The molecule has 0 spiro atoms. The van der Waals surface area contributed by atoms with Gasteiger partial charge in [-0.2, -0.15) is 0 Å². The van der Waals surface area contributed by atoms with E-state index in [-0.39, 0.29) is 18.9 Å². The molecule has 0 aliphatic rings. The molecule has 2 N–H and O–H groups in total. The van der Waals surface area contributed by atoms with Crippen LogP contribution >= 0.6 is 0 Å². The van der Waals surface area contributed by atoms with E-state index in [1.165, 1.54) is 12.1 Å². The van der Waals surface area contributed by atoms with Crippen molar-refractivity contribution in [3.63, 3.8) is 0 Å². The lowest BCUT2D eigenvalue weighted by atomic mass is 10.2. The molecule has 0 saturated carbocycles. The third-order valence-corrected chi connectivity index (χ3v) is 2.72.